The van der Waals surface area contributed by atoms with Crippen molar-refractivity contribution in [1.29, 1.82) is 0 Å². The van der Waals surface area contributed by atoms with E-state index in [1.165, 1.54) is 11.3 Å². The zero-order valence-electron chi connectivity index (χ0n) is 16.8. The number of nitrogens with zero attached hydrogens (tertiary/aromatic N) is 3. The maximum Gasteiger partial charge on any atom is 0.261 e. The van der Waals surface area contributed by atoms with Crippen LogP contribution in [0.5, 0.6) is 0 Å². The molecule has 0 unspecified atom stereocenters. The standard InChI is InChI=1S/C19H29N5O3S/c1-13(2)27-9-5-21-18(25)16-14(3)15-17(22-12-23-19(15)28-16)20-4-6-24-7-10-26-11-8-24/h12-13H,4-11H2,1-3H3,(H,21,25)(H,20,22,23). The Bertz CT molecular complexity index is 789. The monoisotopic (exact) mass is 407 g/mol. The predicted molar refractivity (Wildman–Crippen MR) is 111 cm³/mol. The molecule has 154 valence electrons. The highest BCUT2D eigenvalue weighted by Crippen LogP contribution is 2.33. The van der Waals surface area contributed by atoms with Crippen LogP contribution in [-0.4, -0.2) is 79.4 Å². The lowest BCUT2D eigenvalue weighted by molar-refractivity contribution is 0.0398. The number of hydrogen-bond donors (Lipinski definition) is 2. The number of carbonyl (C=O) groups excluding carboxylic acids is 1. The smallest absolute Gasteiger partial charge is 0.261 e. The third-order valence-electron chi connectivity index (χ3n) is 4.60. The lowest BCUT2D eigenvalue weighted by Gasteiger charge is -2.26. The lowest BCUT2D eigenvalue weighted by Crippen LogP contribution is -2.39. The maximum absolute atomic E-state index is 12.6. The van der Waals surface area contributed by atoms with Crippen molar-refractivity contribution in [1.82, 2.24) is 20.2 Å². The maximum atomic E-state index is 12.6. The highest BCUT2D eigenvalue weighted by atomic mass is 32.1. The van der Waals surface area contributed by atoms with Gasteiger partial charge in [-0.05, 0) is 26.3 Å². The molecular weight excluding hydrogens is 378 g/mol. The lowest BCUT2D eigenvalue weighted by atomic mass is 10.2. The van der Waals surface area contributed by atoms with Crippen LogP contribution < -0.4 is 10.6 Å². The second-order valence-corrected chi connectivity index (χ2v) is 8.01. The van der Waals surface area contributed by atoms with E-state index in [-0.39, 0.29) is 12.0 Å². The second kappa shape index (κ2) is 10.1. The molecule has 0 aliphatic carbocycles. The van der Waals surface area contributed by atoms with Crippen LogP contribution in [0.2, 0.25) is 0 Å². The van der Waals surface area contributed by atoms with Crippen molar-refractivity contribution in [2.24, 2.45) is 0 Å². The molecular formula is C19H29N5O3S. The molecule has 1 amide bonds. The summed E-state index contributed by atoms with van der Waals surface area (Å²) in [5.74, 6) is 0.696. The van der Waals surface area contributed by atoms with Crippen molar-refractivity contribution in [3.63, 3.8) is 0 Å². The fourth-order valence-corrected chi connectivity index (χ4v) is 4.18. The Kier molecular flexibility index (Phi) is 7.55. The molecule has 2 N–H and O–H groups in total. The topological polar surface area (TPSA) is 88.6 Å². The van der Waals surface area contributed by atoms with E-state index in [2.05, 4.69) is 25.5 Å². The van der Waals surface area contributed by atoms with Crippen molar-refractivity contribution in [2.75, 3.05) is 57.9 Å². The van der Waals surface area contributed by atoms with Crippen LogP contribution in [0.3, 0.4) is 0 Å². The van der Waals surface area contributed by atoms with Gasteiger partial charge < -0.3 is 20.1 Å². The largest absolute Gasteiger partial charge is 0.379 e. The van der Waals surface area contributed by atoms with Gasteiger partial charge in [-0.3, -0.25) is 9.69 Å². The minimum absolute atomic E-state index is 0.0906. The van der Waals surface area contributed by atoms with Gasteiger partial charge in [0.1, 0.15) is 17.0 Å². The van der Waals surface area contributed by atoms with Gasteiger partial charge in [-0.15, -0.1) is 11.3 Å². The number of carbonyl (C=O) groups is 1. The number of nitrogens with one attached hydrogen (secondary N) is 2. The molecule has 3 rings (SSSR count). The molecule has 1 aliphatic rings. The fraction of sp³-hybridized carbons (Fsp3) is 0.632. The molecule has 28 heavy (non-hydrogen) atoms. The second-order valence-electron chi connectivity index (χ2n) is 7.01. The van der Waals surface area contributed by atoms with Gasteiger partial charge in [0, 0.05) is 32.7 Å². The van der Waals surface area contributed by atoms with Crippen LogP contribution in [0.4, 0.5) is 5.82 Å². The van der Waals surface area contributed by atoms with Crippen molar-refractivity contribution in [3.8, 4) is 0 Å². The molecule has 0 aromatic carbocycles. The van der Waals surface area contributed by atoms with Crippen LogP contribution in [0.25, 0.3) is 10.2 Å². The molecule has 2 aromatic rings. The summed E-state index contributed by atoms with van der Waals surface area (Å²) in [6.45, 7) is 12.1. The zero-order valence-corrected chi connectivity index (χ0v) is 17.6. The molecule has 0 bridgehead atoms. The van der Waals surface area contributed by atoms with Gasteiger partial charge in [-0.2, -0.15) is 0 Å². The third-order valence-corrected chi connectivity index (χ3v) is 5.79. The number of rotatable bonds is 9. The highest BCUT2D eigenvalue weighted by Gasteiger charge is 2.19. The van der Waals surface area contributed by atoms with Crippen LogP contribution in [0.15, 0.2) is 6.33 Å². The molecule has 1 saturated heterocycles. The average molecular weight is 408 g/mol. The first-order valence-corrected chi connectivity index (χ1v) is 10.6. The number of morpholine rings is 1. The van der Waals surface area contributed by atoms with Gasteiger partial charge in [0.15, 0.2) is 0 Å². The average Bonchev–Trinajstić information content (AvgIpc) is 3.03. The first-order valence-electron chi connectivity index (χ1n) is 9.74. The third kappa shape index (κ3) is 5.38. The van der Waals surface area contributed by atoms with Gasteiger partial charge in [0.2, 0.25) is 0 Å². The SMILES string of the molecule is Cc1c(C(=O)NCCOC(C)C)sc2ncnc(NCCN3CCOCC3)c12. The van der Waals surface area contributed by atoms with E-state index in [4.69, 9.17) is 9.47 Å². The summed E-state index contributed by atoms with van der Waals surface area (Å²) in [5, 5.41) is 7.26. The number of thiophene rings is 1. The van der Waals surface area contributed by atoms with E-state index >= 15 is 0 Å². The van der Waals surface area contributed by atoms with Gasteiger partial charge in [0.05, 0.1) is 36.2 Å². The van der Waals surface area contributed by atoms with E-state index < -0.39 is 0 Å². The quantitative estimate of drug-likeness (QED) is 0.614. The van der Waals surface area contributed by atoms with Crippen LogP contribution in [-0.2, 0) is 9.47 Å². The first kappa shape index (κ1) is 20.9. The molecule has 2 aromatic heterocycles. The summed E-state index contributed by atoms with van der Waals surface area (Å²) in [6, 6.07) is 0. The van der Waals surface area contributed by atoms with Crippen LogP contribution in [0.1, 0.15) is 29.1 Å². The van der Waals surface area contributed by atoms with Gasteiger partial charge in [-0.1, -0.05) is 0 Å². The Labute approximate surface area is 169 Å². The number of amides is 1. The van der Waals surface area contributed by atoms with Crippen LogP contribution >= 0.6 is 11.3 Å². The Balaban J connectivity index is 1.63. The van der Waals surface area contributed by atoms with E-state index in [0.29, 0.717) is 18.0 Å². The molecule has 0 spiro atoms. The van der Waals surface area contributed by atoms with Crippen molar-refractivity contribution in [2.45, 2.75) is 26.9 Å². The molecule has 1 fully saturated rings. The summed E-state index contributed by atoms with van der Waals surface area (Å²) in [7, 11) is 0. The molecule has 0 radical (unpaired) electrons. The molecule has 1 aliphatic heterocycles. The molecule has 9 heteroatoms. The van der Waals surface area contributed by atoms with Gasteiger partial charge >= 0.3 is 0 Å². The van der Waals surface area contributed by atoms with Crippen LogP contribution in [0, 0.1) is 6.92 Å². The van der Waals surface area contributed by atoms with Gasteiger partial charge in [0.25, 0.3) is 5.91 Å². The van der Waals surface area contributed by atoms with E-state index in [1.54, 1.807) is 6.33 Å². The molecule has 0 saturated carbocycles. The number of ether oxygens (including phenoxy) is 2. The summed E-state index contributed by atoms with van der Waals surface area (Å²) in [6.07, 6.45) is 1.71. The number of aryl methyl sites for hydroxylation is 1. The summed E-state index contributed by atoms with van der Waals surface area (Å²) < 4.78 is 10.9. The number of fused-ring (bicyclic) bond motifs is 1. The van der Waals surface area contributed by atoms with Gasteiger partial charge in [-0.25, -0.2) is 9.97 Å². The van der Waals surface area contributed by atoms with E-state index in [0.717, 1.165) is 61.0 Å². The number of aromatic nitrogens is 2. The van der Waals surface area contributed by atoms with Crippen molar-refractivity contribution in [3.05, 3.63) is 16.8 Å². The minimum Gasteiger partial charge on any atom is -0.379 e. The first-order chi connectivity index (χ1) is 13.6. The molecule has 0 atom stereocenters. The normalized spacial score (nSPS) is 15.3. The Morgan fingerprint density at radius 3 is 2.86 bits per heavy atom. The summed E-state index contributed by atoms with van der Waals surface area (Å²) in [5.41, 5.74) is 0.914. The minimum atomic E-state index is -0.0906. The number of hydrogen-bond acceptors (Lipinski definition) is 8. The molecule has 8 nitrogen and oxygen atoms in total. The highest BCUT2D eigenvalue weighted by molar-refractivity contribution is 7.20. The number of anilines is 1. The Hall–Kier alpha value is -1.81. The summed E-state index contributed by atoms with van der Waals surface area (Å²) in [4.78, 5) is 25.2. The Morgan fingerprint density at radius 2 is 2.11 bits per heavy atom. The fourth-order valence-electron chi connectivity index (χ4n) is 3.12. The van der Waals surface area contributed by atoms with Crippen molar-refractivity contribution >= 4 is 33.3 Å². The van der Waals surface area contributed by atoms with E-state index in [1.807, 2.05) is 20.8 Å². The van der Waals surface area contributed by atoms with E-state index in [9.17, 15) is 4.79 Å². The van der Waals surface area contributed by atoms with Crippen molar-refractivity contribution < 1.29 is 14.3 Å². The summed E-state index contributed by atoms with van der Waals surface area (Å²) >= 11 is 1.40. The molecule has 3 heterocycles. The zero-order chi connectivity index (χ0) is 19.9. The Morgan fingerprint density at radius 1 is 1.32 bits per heavy atom. The predicted octanol–water partition coefficient (Wildman–Crippen LogP) is 1.90.